The largest absolute Gasteiger partial charge is 0.396 e. The molecule has 0 aliphatic rings. The summed E-state index contributed by atoms with van der Waals surface area (Å²) in [6.07, 6.45) is 4.75. The van der Waals surface area contributed by atoms with Crippen LogP contribution in [0, 0.1) is 5.92 Å². The van der Waals surface area contributed by atoms with E-state index in [0.29, 0.717) is 6.61 Å². The van der Waals surface area contributed by atoms with E-state index in [4.69, 9.17) is 5.11 Å². The van der Waals surface area contributed by atoms with Crippen molar-refractivity contribution in [1.82, 2.24) is 0 Å². The molecule has 0 saturated carbocycles. The summed E-state index contributed by atoms with van der Waals surface area (Å²) < 4.78 is 0. The fourth-order valence-corrected chi connectivity index (χ4v) is 0.841. The van der Waals surface area contributed by atoms with Crippen molar-refractivity contribution in [1.29, 1.82) is 0 Å². The van der Waals surface area contributed by atoms with Crippen LogP contribution in [0.25, 0.3) is 0 Å². The summed E-state index contributed by atoms with van der Waals surface area (Å²) in [5.74, 6) is 0.823. The molecular formula is C10H22O. The van der Waals surface area contributed by atoms with Crippen LogP contribution >= 0.6 is 0 Å². The lowest BCUT2D eigenvalue weighted by molar-refractivity contribution is 0.281. The predicted octanol–water partition coefficient (Wildman–Crippen LogP) is 3.00. The van der Waals surface area contributed by atoms with Gasteiger partial charge in [-0.1, -0.05) is 33.1 Å². The van der Waals surface area contributed by atoms with Crippen LogP contribution in [0.5, 0.6) is 0 Å². The van der Waals surface area contributed by atoms with E-state index in [1.807, 2.05) is 0 Å². The maximum atomic E-state index is 8.43. The molecule has 11 heavy (non-hydrogen) atoms. The Hall–Kier alpha value is -0.300. The van der Waals surface area contributed by atoms with Gasteiger partial charge in [0, 0.05) is 6.61 Å². The molecule has 0 aliphatic heterocycles. The SMILES string of the molecule is C=C.CC(C)CCCCCO. The summed E-state index contributed by atoms with van der Waals surface area (Å²) in [4.78, 5) is 0. The van der Waals surface area contributed by atoms with Crippen LogP contribution in [0.3, 0.4) is 0 Å². The Morgan fingerprint density at radius 3 is 2.00 bits per heavy atom. The van der Waals surface area contributed by atoms with E-state index in [1.165, 1.54) is 19.3 Å². The Morgan fingerprint density at radius 1 is 1.09 bits per heavy atom. The quantitative estimate of drug-likeness (QED) is 0.481. The lowest BCUT2D eigenvalue weighted by Gasteiger charge is -2.01. The second-order valence-corrected chi connectivity index (χ2v) is 2.97. The monoisotopic (exact) mass is 158 g/mol. The van der Waals surface area contributed by atoms with Crippen molar-refractivity contribution in [2.45, 2.75) is 39.5 Å². The molecule has 0 bridgehead atoms. The van der Waals surface area contributed by atoms with E-state index in [9.17, 15) is 0 Å². The van der Waals surface area contributed by atoms with Crippen molar-refractivity contribution in [2.75, 3.05) is 6.61 Å². The molecular weight excluding hydrogens is 136 g/mol. The van der Waals surface area contributed by atoms with Crippen molar-refractivity contribution in [3.05, 3.63) is 13.2 Å². The highest BCUT2D eigenvalue weighted by molar-refractivity contribution is 4.45. The average molecular weight is 158 g/mol. The number of aliphatic hydroxyl groups excluding tert-OH is 1. The van der Waals surface area contributed by atoms with Gasteiger partial charge in [0.2, 0.25) is 0 Å². The van der Waals surface area contributed by atoms with Crippen LogP contribution in [0.1, 0.15) is 39.5 Å². The number of hydrogen-bond acceptors (Lipinski definition) is 1. The molecule has 0 fully saturated rings. The zero-order valence-corrected chi connectivity index (χ0v) is 7.97. The first-order chi connectivity index (χ1) is 5.27. The van der Waals surface area contributed by atoms with Gasteiger partial charge in [0.15, 0.2) is 0 Å². The first kappa shape index (κ1) is 13.3. The van der Waals surface area contributed by atoms with Gasteiger partial charge < -0.3 is 5.11 Å². The topological polar surface area (TPSA) is 20.2 Å². The molecule has 1 heteroatoms. The van der Waals surface area contributed by atoms with E-state index < -0.39 is 0 Å². The van der Waals surface area contributed by atoms with Gasteiger partial charge in [-0.3, -0.25) is 0 Å². The average Bonchev–Trinajstić information content (AvgIpc) is 2.02. The molecule has 0 rings (SSSR count). The number of unbranched alkanes of at least 4 members (excludes halogenated alkanes) is 2. The Morgan fingerprint density at radius 2 is 1.64 bits per heavy atom. The summed E-state index contributed by atoms with van der Waals surface area (Å²) in [5.41, 5.74) is 0. The fourth-order valence-electron chi connectivity index (χ4n) is 0.841. The third-order valence-electron chi connectivity index (χ3n) is 1.44. The number of aliphatic hydroxyl groups is 1. The Labute approximate surface area is 71.1 Å². The second kappa shape index (κ2) is 12.4. The van der Waals surface area contributed by atoms with E-state index in [0.717, 1.165) is 12.3 Å². The first-order valence-corrected chi connectivity index (χ1v) is 4.38. The minimum absolute atomic E-state index is 0.359. The summed E-state index contributed by atoms with van der Waals surface area (Å²) in [6.45, 7) is 10.8. The summed E-state index contributed by atoms with van der Waals surface area (Å²) >= 11 is 0. The van der Waals surface area contributed by atoms with Crippen molar-refractivity contribution in [3.63, 3.8) is 0 Å². The minimum atomic E-state index is 0.359. The van der Waals surface area contributed by atoms with Crippen LogP contribution in [0.2, 0.25) is 0 Å². The van der Waals surface area contributed by atoms with Crippen LogP contribution in [-0.2, 0) is 0 Å². The minimum Gasteiger partial charge on any atom is -0.396 e. The van der Waals surface area contributed by atoms with Crippen LogP contribution in [0.4, 0.5) is 0 Å². The van der Waals surface area contributed by atoms with E-state index >= 15 is 0 Å². The molecule has 0 aromatic carbocycles. The highest BCUT2D eigenvalue weighted by Crippen LogP contribution is 2.06. The highest BCUT2D eigenvalue weighted by Gasteiger charge is 1.92. The molecule has 0 radical (unpaired) electrons. The highest BCUT2D eigenvalue weighted by atomic mass is 16.2. The van der Waals surface area contributed by atoms with Crippen LogP contribution < -0.4 is 0 Å². The van der Waals surface area contributed by atoms with Gasteiger partial charge in [0.25, 0.3) is 0 Å². The molecule has 0 saturated heterocycles. The molecule has 1 nitrogen and oxygen atoms in total. The lowest BCUT2D eigenvalue weighted by atomic mass is 10.1. The second-order valence-electron chi connectivity index (χ2n) is 2.97. The number of rotatable bonds is 5. The molecule has 0 aliphatic carbocycles. The standard InChI is InChI=1S/C8H18O.C2H4/c1-8(2)6-4-3-5-7-9;1-2/h8-9H,3-7H2,1-2H3;1-2H2. The predicted molar refractivity (Wildman–Crippen MR) is 51.6 cm³/mol. The molecule has 0 aromatic rings. The van der Waals surface area contributed by atoms with Gasteiger partial charge in [0.05, 0.1) is 0 Å². The third-order valence-corrected chi connectivity index (χ3v) is 1.44. The smallest absolute Gasteiger partial charge is 0.0431 e. The summed E-state index contributed by atoms with van der Waals surface area (Å²) in [5, 5.41) is 8.43. The molecule has 0 spiro atoms. The third kappa shape index (κ3) is 17.7. The normalized spacial score (nSPS) is 9.09. The van der Waals surface area contributed by atoms with Crippen LogP contribution in [0.15, 0.2) is 13.2 Å². The molecule has 0 unspecified atom stereocenters. The summed E-state index contributed by atoms with van der Waals surface area (Å²) in [6, 6.07) is 0. The zero-order chi connectivity index (χ0) is 9.11. The van der Waals surface area contributed by atoms with Crippen molar-refractivity contribution < 1.29 is 5.11 Å². The molecule has 0 heterocycles. The zero-order valence-electron chi connectivity index (χ0n) is 7.97. The van der Waals surface area contributed by atoms with E-state index in [2.05, 4.69) is 27.0 Å². The molecule has 68 valence electrons. The molecule has 0 aromatic heterocycles. The Bertz CT molecular complexity index is 59.9. The van der Waals surface area contributed by atoms with E-state index in [-0.39, 0.29) is 0 Å². The molecule has 0 atom stereocenters. The van der Waals surface area contributed by atoms with Gasteiger partial charge in [-0.2, -0.15) is 0 Å². The maximum absolute atomic E-state index is 8.43. The van der Waals surface area contributed by atoms with Gasteiger partial charge in [-0.05, 0) is 12.3 Å². The van der Waals surface area contributed by atoms with E-state index in [1.54, 1.807) is 0 Å². The van der Waals surface area contributed by atoms with Crippen molar-refractivity contribution >= 4 is 0 Å². The van der Waals surface area contributed by atoms with Gasteiger partial charge in [0.1, 0.15) is 0 Å². The van der Waals surface area contributed by atoms with Gasteiger partial charge >= 0.3 is 0 Å². The maximum Gasteiger partial charge on any atom is 0.0431 e. The fraction of sp³-hybridized carbons (Fsp3) is 0.800. The molecule has 1 N–H and O–H groups in total. The first-order valence-electron chi connectivity index (χ1n) is 4.38. The van der Waals surface area contributed by atoms with Gasteiger partial charge in [-0.15, -0.1) is 13.2 Å². The number of hydrogen-bond donors (Lipinski definition) is 1. The molecule has 0 amide bonds. The summed E-state index contributed by atoms with van der Waals surface area (Å²) in [7, 11) is 0. The Balaban J connectivity index is 0. The van der Waals surface area contributed by atoms with Crippen molar-refractivity contribution in [2.24, 2.45) is 5.92 Å². The van der Waals surface area contributed by atoms with Crippen molar-refractivity contribution in [3.8, 4) is 0 Å². The van der Waals surface area contributed by atoms with Gasteiger partial charge in [-0.25, -0.2) is 0 Å². The Kier molecular flexibility index (Phi) is 15.0. The lowest BCUT2D eigenvalue weighted by Crippen LogP contribution is -1.88. The van der Waals surface area contributed by atoms with Crippen LogP contribution in [-0.4, -0.2) is 11.7 Å².